The van der Waals surface area contributed by atoms with Gasteiger partial charge < -0.3 is 15.7 Å². The molecule has 2 amide bonds. The molecule has 0 heterocycles. The van der Waals surface area contributed by atoms with Crippen molar-refractivity contribution in [2.75, 3.05) is 13.1 Å². The standard InChI is InChI=1S/C24H38N2O3/c1-5-6-7-8-23(28)25-15-13-22(27)14-16-26-24(29)19(4)21-11-9-20(10-12-21)17-18(2)3/h6-7,9-12,18-19,22,27H,5,8,13-17H2,1-4H3,(H,25,28)(H,26,29)/b7-6-. The van der Waals surface area contributed by atoms with E-state index in [9.17, 15) is 14.7 Å². The molecule has 5 nitrogen and oxygen atoms in total. The fraction of sp³-hybridized carbons (Fsp3) is 0.583. The number of hydrogen-bond acceptors (Lipinski definition) is 3. The van der Waals surface area contributed by atoms with Crippen LogP contribution in [0.15, 0.2) is 36.4 Å². The summed E-state index contributed by atoms with van der Waals surface area (Å²) in [6.45, 7) is 9.16. The first-order valence-corrected chi connectivity index (χ1v) is 10.8. The summed E-state index contributed by atoms with van der Waals surface area (Å²) < 4.78 is 0. The van der Waals surface area contributed by atoms with E-state index < -0.39 is 6.10 Å². The van der Waals surface area contributed by atoms with E-state index in [4.69, 9.17) is 0 Å². The van der Waals surface area contributed by atoms with Crippen molar-refractivity contribution < 1.29 is 14.7 Å². The topological polar surface area (TPSA) is 78.4 Å². The van der Waals surface area contributed by atoms with Crippen molar-refractivity contribution in [2.45, 2.75) is 71.8 Å². The zero-order valence-electron chi connectivity index (χ0n) is 18.4. The Bertz CT molecular complexity index is 638. The molecule has 29 heavy (non-hydrogen) atoms. The lowest BCUT2D eigenvalue weighted by Gasteiger charge is -2.15. The van der Waals surface area contributed by atoms with E-state index in [0.29, 0.717) is 38.3 Å². The van der Waals surface area contributed by atoms with Crippen molar-refractivity contribution in [3.63, 3.8) is 0 Å². The molecular weight excluding hydrogens is 364 g/mol. The smallest absolute Gasteiger partial charge is 0.227 e. The van der Waals surface area contributed by atoms with E-state index in [1.807, 2.05) is 38.1 Å². The number of aliphatic hydroxyl groups excluding tert-OH is 1. The minimum absolute atomic E-state index is 0.0372. The molecule has 162 valence electrons. The van der Waals surface area contributed by atoms with Crippen molar-refractivity contribution in [1.29, 1.82) is 0 Å². The molecule has 0 bridgehead atoms. The molecule has 0 radical (unpaired) electrons. The number of allylic oxidation sites excluding steroid dienone is 1. The van der Waals surface area contributed by atoms with E-state index in [2.05, 4.69) is 36.6 Å². The molecule has 1 aromatic rings. The van der Waals surface area contributed by atoms with Gasteiger partial charge in [0.1, 0.15) is 0 Å². The molecule has 2 unspecified atom stereocenters. The lowest BCUT2D eigenvalue weighted by Crippen LogP contribution is -2.32. The van der Waals surface area contributed by atoms with Crippen molar-refractivity contribution in [1.82, 2.24) is 10.6 Å². The molecule has 0 spiro atoms. The maximum absolute atomic E-state index is 12.4. The first-order valence-electron chi connectivity index (χ1n) is 10.8. The number of aliphatic hydroxyl groups is 1. The summed E-state index contributed by atoms with van der Waals surface area (Å²) in [7, 11) is 0. The summed E-state index contributed by atoms with van der Waals surface area (Å²) in [5.41, 5.74) is 2.28. The number of benzene rings is 1. The molecule has 3 N–H and O–H groups in total. The van der Waals surface area contributed by atoms with Crippen LogP contribution in [0.4, 0.5) is 0 Å². The van der Waals surface area contributed by atoms with E-state index in [1.165, 1.54) is 5.56 Å². The van der Waals surface area contributed by atoms with Gasteiger partial charge in [0.2, 0.25) is 11.8 Å². The SMILES string of the molecule is CC/C=C\CC(=O)NCCC(O)CCNC(=O)C(C)c1ccc(CC(C)C)cc1. The number of rotatable bonds is 13. The van der Waals surface area contributed by atoms with Gasteiger partial charge in [0.15, 0.2) is 0 Å². The van der Waals surface area contributed by atoms with E-state index >= 15 is 0 Å². The summed E-state index contributed by atoms with van der Waals surface area (Å²) >= 11 is 0. The highest BCUT2D eigenvalue weighted by atomic mass is 16.3. The molecule has 1 aromatic carbocycles. The van der Waals surface area contributed by atoms with Crippen molar-refractivity contribution in [2.24, 2.45) is 5.92 Å². The second kappa shape index (κ2) is 13.9. The number of amides is 2. The second-order valence-corrected chi connectivity index (χ2v) is 8.02. The van der Waals surface area contributed by atoms with Gasteiger partial charge in [-0.05, 0) is 49.7 Å². The van der Waals surface area contributed by atoms with Gasteiger partial charge in [-0.15, -0.1) is 0 Å². The summed E-state index contributed by atoms with van der Waals surface area (Å²) in [4.78, 5) is 23.9. The molecule has 1 rings (SSSR count). The number of nitrogens with one attached hydrogen (secondary N) is 2. The summed E-state index contributed by atoms with van der Waals surface area (Å²) in [6, 6.07) is 8.23. The molecule has 0 fully saturated rings. The van der Waals surface area contributed by atoms with Crippen LogP contribution in [-0.2, 0) is 16.0 Å². The Labute approximate surface area is 176 Å². The van der Waals surface area contributed by atoms with Gasteiger partial charge in [0.25, 0.3) is 0 Å². The van der Waals surface area contributed by atoms with Crippen molar-refractivity contribution >= 4 is 11.8 Å². The lowest BCUT2D eigenvalue weighted by molar-refractivity contribution is -0.122. The Morgan fingerprint density at radius 3 is 2.21 bits per heavy atom. The van der Waals surface area contributed by atoms with Gasteiger partial charge in [-0.2, -0.15) is 0 Å². The van der Waals surface area contributed by atoms with E-state index in [1.54, 1.807) is 0 Å². The zero-order chi connectivity index (χ0) is 21.6. The fourth-order valence-corrected chi connectivity index (χ4v) is 3.03. The van der Waals surface area contributed by atoms with Crippen LogP contribution in [0.2, 0.25) is 0 Å². The quantitative estimate of drug-likeness (QED) is 0.440. The highest BCUT2D eigenvalue weighted by Gasteiger charge is 2.15. The third-order valence-corrected chi connectivity index (χ3v) is 4.80. The second-order valence-electron chi connectivity index (χ2n) is 8.02. The van der Waals surface area contributed by atoms with Crippen LogP contribution in [0.25, 0.3) is 0 Å². The predicted octanol–water partition coefficient (Wildman–Crippen LogP) is 3.72. The Hall–Kier alpha value is -2.14. The first-order chi connectivity index (χ1) is 13.8. The van der Waals surface area contributed by atoms with Gasteiger partial charge in [-0.3, -0.25) is 9.59 Å². The zero-order valence-corrected chi connectivity index (χ0v) is 18.4. The minimum Gasteiger partial charge on any atom is -0.393 e. The maximum atomic E-state index is 12.4. The summed E-state index contributed by atoms with van der Waals surface area (Å²) in [5.74, 6) is 0.309. The molecule has 0 aromatic heterocycles. The Morgan fingerprint density at radius 1 is 1.00 bits per heavy atom. The lowest BCUT2D eigenvalue weighted by atomic mass is 9.96. The van der Waals surface area contributed by atoms with Gasteiger partial charge in [-0.1, -0.05) is 57.2 Å². The van der Waals surface area contributed by atoms with E-state index in [-0.39, 0.29) is 17.7 Å². The summed E-state index contributed by atoms with van der Waals surface area (Å²) in [6.07, 6.45) is 6.53. The van der Waals surface area contributed by atoms with Gasteiger partial charge in [0.05, 0.1) is 12.0 Å². The van der Waals surface area contributed by atoms with Gasteiger partial charge in [-0.25, -0.2) is 0 Å². The number of carbonyl (C=O) groups excluding carboxylic acids is 2. The van der Waals surface area contributed by atoms with Crippen molar-refractivity contribution in [3.05, 3.63) is 47.5 Å². The average Bonchev–Trinajstić information content (AvgIpc) is 2.67. The maximum Gasteiger partial charge on any atom is 0.227 e. The molecule has 0 aliphatic rings. The number of carbonyl (C=O) groups is 2. The normalized spacial score (nSPS) is 13.4. The van der Waals surface area contributed by atoms with Crippen LogP contribution in [0.1, 0.15) is 70.4 Å². The van der Waals surface area contributed by atoms with Gasteiger partial charge >= 0.3 is 0 Å². The molecule has 0 aliphatic heterocycles. The Morgan fingerprint density at radius 2 is 1.62 bits per heavy atom. The van der Waals surface area contributed by atoms with Crippen molar-refractivity contribution in [3.8, 4) is 0 Å². The van der Waals surface area contributed by atoms with Crippen LogP contribution in [0, 0.1) is 5.92 Å². The molecule has 0 saturated carbocycles. The largest absolute Gasteiger partial charge is 0.393 e. The Kier molecular flexibility index (Phi) is 12.0. The summed E-state index contributed by atoms with van der Waals surface area (Å²) in [5, 5.41) is 15.7. The highest BCUT2D eigenvalue weighted by molar-refractivity contribution is 5.83. The third-order valence-electron chi connectivity index (χ3n) is 4.80. The molecular formula is C24H38N2O3. The fourth-order valence-electron chi connectivity index (χ4n) is 3.03. The van der Waals surface area contributed by atoms with Crippen LogP contribution in [-0.4, -0.2) is 36.1 Å². The number of hydrogen-bond donors (Lipinski definition) is 3. The molecule has 0 aliphatic carbocycles. The third kappa shape index (κ3) is 10.8. The predicted molar refractivity (Wildman–Crippen MR) is 119 cm³/mol. The molecule has 0 saturated heterocycles. The van der Waals surface area contributed by atoms with Crippen LogP contribution in [0.3, 0.4) is 0 Å². The van der Waals surface area contributed by atoms with Crippen LogP contribution >= 0.6 is 0 Å². The first kappa shape index (κ1) is 24.9. The minimum atomic E-state index is -0.549. The molecule has 2 atom stereocenters. The van der Waals surface area contributed by atoms with Crippen LogP contribution < -0.4 is 10.6 Å². The highest BCUT2D eigenvalue weighted by Crippen LogP contribution is 2.17. The average molecular weight is 403 g/mol. The van der Waals surface area contributed by atoms with E-state index in [0.717, 1.165) is 18.4 Å². The van der Waals surface area contributed by atoms with Crippen LogP contribution in [0.5, 0.6) is 0 Å². The van der Waals surface area contributed by atoms with Gasteiger partial charge in [0, 0.05) is 19.5 Å². The Balaban J connectivity index is 2.26. The molecule has 5 heteroatoms. The monoisotopic (exact) mass is 402 g/mol.